The molecule has 0 bridgehead atoms. The number of halogens is 1. The van der Waals surface area contributed by atoms with E-state index in [1.54, 1.807) is 18.3 Å². The van der Waals surface area contributed by atoms with Crippen LogP contribution in [-0.4, -0.2) is 17.1 Å². The van der Waals surface area contributed by atoms with Gasteiger partial charge in [-0.3, -0.25) is 10.1 Å². The third-order valence-electron chi connectivity index (χ3n) is 2.68. The molecule has 1 unspecified atom stereocenters. The Balaban J connectivity index is 2.28. The Hall–Kier alpha value is -0.960. The Morgan fingerprint density at radius 1 is 1.55 bits per heavy atom. The second kappa shape index (κ2) is 6.21. The Morgan fingerprint density at radius 3 is 2.75 bits per heavy atom. The molecule has 0 amide bonds. The predicted octanol–water partition coefficient (Wildman–Crippen LogP) is 4.17. The molecule has 5 nitrogen and oxygen atoms in total. The van der Waals surface area contributed by atoms with E-state index in [0.717, 1.165) is 9.35 Å². The van der Waals surface area contributed by atoms with Crippen molar-refractivity contribution in [3.05, 3.63) is 41.9 Å². The second-order valence-corrected chi connectivity index (χ2v) is 7.33. The minimum Gasteiger partial charge on any atom is -0.388 e. The molecule has 0 aliphatic carbocycles. The Kier molecular flexibility index (Phi) is 4.79. The molecule has 0 saturated heterocycles. The SMILES string of the molecule is CC(O)c1cc([N+](=O)[O-])c(N(C)Cc2cc(Br)cs2)s1. The fourth-order valence-corrected chi connectivity index (χ4v) is 4.27. The first-order valence-corrected chi connectivity index (χ1v) is 8.27. The minimum absolute atomic E-state index is 0.0454. The largest absolute Gasteiger partial charge is 0.388 e. The van der Waals surface area contributed by atoms with E-state index in [0.29, 0.717) is 16.4 Å². The van der Waals surface area contributed by atoms with Crippen molar-refractivity contribution >= 4 is 49.3 Å². The first-order chi connectivity index (χ1) is 9.38. The molecule has 0 fully saturated rings. The van der Waals surface area contributed by atoms with Gasteiger partial charge in [-0.25, -0.2) is 0 Å². The highest BCUT2D eigenvalue weighted by Gasteiger charge is 2.24. The molecule has 108 valence electrons. The summed E-state index contributed by atoms with van der Waals surface area (Å²) in [4.78, 5) is 14.3. The van der Waals surface area contributed by atoms with Gasteiger partial charge in [-0.2, -0.15) is 0 Å². The zero-order valence-electron chi connectivity index (χ0n) is 10.9. The Bertz CT molecular complexity index is 624. The van der Waals surface area contributed by atoms with Crippen LogP contribution in [0.3, 0.4) is 0 Å². The summed E-state index contributed by atoms with van der Waals surface area (Å²) >= 11 is 6.25. The van der Waals surface area contributed by atoms with Crippen molar-refractivity contribution in [2.24, 2.45) is 0 Å². The van der Waals surface area contributed by atoms with Crippen LogP contribution >= 0.6 is 38.6 Å². The summed E-state index contributed by atoms with van der Waals surface area (Å²) in [6.07, 6.45) is -0.697. The van der Waals surface area contributed by atoms with Crippen molar-refractivity contribution in [3.8, 4) is 0 Å². The average Bonchev–Trinajstić information content (AvgIpc) is 2.95. The number of hydrogen-bond donors (Lipinski definition) is 1. The number of aliphatic hydroxyl groups excluding tert-OH is 1. The lowest BCUT2D eigenvalue weighted by atomic mass is 10.3. The maximum atomic E-state index is 11.1. The van der Waals surface area contributed by atoms with Gasteiger partial charge in [0.25, 0.3) is 0 Å². The quantitative estimate of drug-likeness (QED) is 0.627. The summed E-state index contributed by atoms with van der Waals surface area (Å²) < 4.78 is 1.01. The van der Waals surface area contributed by atoms with E-state index < -0.39 is 11.0 Å². The number of rotatable bonds is 5. The molecular formula is C12H13BrN2O3S2. The van der Waals surface area contributed by atoms with Gasteiger partial charge in [0, 0.05) is 32.7 Å². The van der Waals surface area contributed by atoms with E-state index in [-0.39, 0.29) is 5.69 Å². The second-order valence-electron chi connectivity index (χ2n) is 4.36. The van der Waals surface area contributed by atoms with Gasteiger partial charge in [0.15, 0.2) is 5.00 Å². The standard InChI is InChI=1S/C12H13BrN2O3S2/c1-7(16)11-4-10(15(17)18)12(20-11)14(2)5-9-3-8(13)6-19-9/h3-4,6-7,16H,5H2,1-2H3. The summed E-state index contributed by atoms with van der Waals surface area (Å²) in [5.74, 6) is 0. The Labute approximate surface area is 132 Å². The van der Waals surface area contributed by atoms with Crippen LogP contribution in [0.1, 0.15) is 22.8 Å². The minimum atomic E-state index is -0.697. The van der Waals surface area contributed by atoms with Crippen LogP contribution < -0.4 is 4.90 Å². The number of aliphatic hydroxyl groups is 1. The molecule has 1 N–H and O–H groups in total. The zero-order valence-corrected chi connectivity index (χ0v) is 14.1. The molecule has 0 aliphatic rings. The predicted molar refractivity (Wildman–Crippen MR) is 85.7 cm³/mol. The summed E-state index contributed by atoms with van der Waals surface area (Å²) in [6.45, 7) is 2.20. The lowest BCUT2D eigenvalue weighted by molar-refractivity contribution is -0.383. The van der Waals surface area contributed by atoms with Gasteiger partial charge in [-0.15, -0.1) is 22.7 Å². The lowest BCUT2D eigenvalue weighted by Crippen LogP contribution is -2.15. The molecule has 1 atom stereocenters. The molecule has 0 aromatic carbocycles. The first kappa shape index (κ1) is 15.4. The van der Waals surface area contributed by atoms with E-state index in [9.17, 15) is 15.2 Å². The van der Waals surface area contributed by atoms with Crippen LogP contribution in [0.15, 0.2) is 22.0 Å². The molecule has 0 radical (unpaired) electrons. The number of hydrogen-bond acceptors (Lipinski definition) is 6. The molecule has 8 heteroatoms. The van der Waals surface area contributed by atoms with Crippen molar-refractivity contribution in [1.29, 1.82) is 0 Å². The monoisotopic (exact) mass is 376 g/mol. The number of nitro groups is 1. The number of anilines is 1. The van der Waals surface area contributed by atoms with Crippen LogP contribution in [0.5, 0.6) is 0 Å². The number of nitrogens with zero attached hydrogens (tertiary/aromatic N) is 2. The highest BCUT2D eigenvalue weighted by atomic mass is 79.9. The van der Waals surface area contributed by atoms with Crippen molar-refractivity contribution in [1.82, 2.24) is 0 Å². The van der Waals surface area contributed by atoms with E-state index in [2.05, 4.69) is 15.9 Å². The van der Waals surface area contributed by atoms with E-state index in [1.807, 2.05) is 23.4 Å². The van der Waals surface area contributed by atoms with Gasteiger partial charge < -0.3 is 10.0 Å². The molecule has 2 heterocycles. The molecule has 2 aromatic heterocycles. The van der Waals surface area contributed by atoms with Crippen LogP contribution in [0.25, 0.3) is 0 Å². The fraction of sp³-hybridized carbons (Fsp3) is 0.333. The van der Waals surface area contributed by atoms with Gasteiger partial charge >= 0.3 is 5.69 Å². The van der Waals surface area contributed by atoms with E-state index >= 15 is 0 Å². The highest BCUT2D eigenvalue weighted by Crippen LogP contribution is 2.40. The third kappa shape index (κ3) is 3.38. The molecule has 2 rings (SSSR count). The van der Waals surface area contributed by atoms with Gasteiger partial charge in [0.05, 0.1) is 17.6 Å². The maximum absolute atomic E-state index is 11.1. The topological polar surface area (TPSA) is 66.6 Å². The van der Waals surface area contributed by atoms with Crippen LogP contribution in [0.2, 0.25) is 0 Å². The van der Waals surface area contributed by atoms with Crippen molar-refractivity contribution in [2.45, 2.75) is 19.6 Å². The molecule has 20 heavy (non-hydrogen) atoms. The first-order valence-electron chi connectivity index (χ1n) is 5.78. The normalized spacial score (nSPS) is 12.4. The average molecular weight is 377 g/mol. The third-order valence-corrected chi connectivity index (χ3v) is 5.77. The van der Waals surface area contributed by atoms with Gasteiger partial charge in [0.1, 0.15) is 0 Å². The number of thiophene rings is 2. The summed E-state index contributed by atoms with van der Waals surface area (Å²) in [7, 11) is 1.82. The van der Waals surface area contributed by atoms with E-state index in [1.165, 1.54) is 17.4 Å². The van der Waals surface area contributed by atoms with Crippen LogP contribution in [-0.2, 0) is 6.54 Å². The van der Waals surface area contributed by atoms with Crippen LogP contribution in [0.4, 0.5) is 10.7 Å². The molecule has 0 saturated carbocycles. The lowest BCUT2D eigenvalue weighted by Gasteiger charge is -2.15. The van der Waals surface area contributed by atoms with Crippen molar-refractivity contribution in [3.63, 3.8) is 0 Å². The van der Waals surface area contributed by atoms with E-state index in [4.69, 9.17) is 0 Å². The summed E-state index contributed by atoms with van der Waals surface area (Å²) in [6, 6.07) is 3.45. The van der Waals surface area contributed by atoms with Crippen molar-refractivity contribution in [2.75, 3.05) is 11.9 Å². The smallest absolute Gasteiger partial charge is 0.304 e. The highest BCUT2D eigenvalue weighted by molar-refractivity contribution is 9.10. The molecule has 0 aliphatic heterocycles. The van der Waals surface area contributed by atoms with Crippen molar-refractivity contribution < 1.29 is 10.0 Å². The Morgan fingerprint density at radius 2 is 2.25 bits per heavy atom. The van der Waals surface area contributed by atoms with Gasteiger partial charge in [0.2, 0.25) is 0 Å². The fourth-order valence-electron chi connectivity index (χ4n) is 1.74. The van der Waals surface area contributed by atoms with Gasteiger partial charge in [-0.1, -0.05) is 0 Å². The van der Waals surface area contributed by atoms with Gasteiger partial charge in [-0.05, 0) is 28.9 Å². The maximum Gasteiger partial charge on any atom is 0.304 e. The van der Waals surface area contributed by atoms with Crippen LogP contribution in [0, 0.1) is 10.1 Å². The summed E-state index contributed by atoms with van der Waals surface area (Å²) in [5.41, 5.74) is 0.0454. The molecule has 2 aromatic rings. The molecular weight excluding hydrogens is 364 g/mol. The molecule has 0 spiro atoms. The summed E-state index contributed by atoms with van der Waals surface area (Å²) in [5, 5.41) is 23.2. The zero-order chi connectivity index (χ0) is 14.9.